The van der Waals surface area contributed by atoms with Crippen molar-refractivity contribution in [2.24, 2.45) is 52.3 Å². The fourth-order valence-corrected chi connectivity index (χ4v) is 11.7. The van der Waals surface area contributed by atoms with Gasteiger partial charge in [0.05, 0.1) is 23.9 Å². The first-order valence-corrected chi connectivity index (χ1v) is 16.6. The first-order chi connectivity index (χ1) is 18.8. The van der Waals surface area contributed by atoms with Crippen LogP contribution in [-0.4, -0.2) is 50.1 Å². The lowest BCUT2D eigenvalue weighted by atomic mass is 9.38. The van der Waals surface area contributed by atoms with Crippen molar-refractivity contribution >= 4 is 5.78 Å². The SMILES string of the molecule is CC(C)C(CC(O)C(C)C1CCC2(O)C3=CC(=O)C4CC(O)C(O)C5CCC(CC12C)C3C45C)=C1CCCCC1. The van der Waals surface area contributed by atoms with Gasteiger partial charge < -0.3 is 20.4 Å². The molecule has 5 heteroatoms. The molecule has 224 valence electrons. The van der Waals surface area contributed by atoms with Crippen LogP contribution in [0.15, 0.2) is 22.8 Å². The highest BCUT2D eigenvalue weighted by atomic mass is 16.3. The van der Waals surface area contributed by atoms with Gasteiger partial charge in [-0.3, -0.25) is 4.79 Å². The summed E-state index contributed by atoms with van der Waals surface area (Å²) < 4.78 is 0. The van der Waals surface area contributed by atoms with Crippen molar-refractivity contribution in [3.63, 3.8) is 0 Å². The number of rotatable bonds is 5. The number of fused-ring (bicyclic) bond motifs is 2. The number of allylic oxidation sites excluding steroid dienone is 2. The van der Waals surface area contributed by atoms with Gasteiger partial charge >= 0.3 is 0 Å². The molecule has 0 radical (unpaired) electrons. The van der Waals surface area contributed by atoms with Gasteiger partial charge in [-0.15, -0.1) is 0 Å². The minimum atomic E-state index is -1.07. The predicted octanol–water partition coefficient (Wildman–Crippen LogP) is 5.74. The smallest absolute Gasteiger partial charge is 0.159 e. The molecule has 0 aliphatic heterocycles. The van der Waals surface area contributed by atoms with E-state index >= 15 is 0 Å². The van der Waals surface area contributed by atoms with Crippen LogP contribution in [0.1, 0.15) is 112 Å². The van der Waals surface area contributed by atoms with Gasteiger partial charge in [-0.1, -0.05) is 52.2 Å². The molecule has 0 spiro atoms. The molecule has 6 rings (SSSR count). The Labute approximate surface area is 241 Å². The Morgan fingerprint density at radius 1 is 1.05 bits per heavy atom. The van der Waals surface area contributed by atoms with Gasteiger partial charge in [0.15, 0.2) is 5.78 Å². The quantitative estimate of drug-likeness (QED) is 0.325. The van der Waals surface area contributed by atoms with Gasteiger partial charge in [-0.2, -0.15) is 0 Å². The van der Waals surface area contributed by atoms with Crippen molar-refractivity contribution in [3.05, 3.63) is 22.8 Å². The number of carbonyl (C=O) groups is 1. The summed E-state index contributed by atoms with van der Waals surface area (Å²) in [4.78, 5) is 13.7. The van der Waals surface area contributed by atoms with Crippen molar-refractivity contribution in [1.29, 1.82) is 0 Å². The Morgan fingerprint density at radius 2 is 1.75 bits per heavy atom. The molecule has 0 aromatic rings. The van der Waals surface area contributed by atoms with Crippen molar-refractivity contribution < 1.29 is 25.2 Å². The molecule has 12 atom stereocenters. The summed E-state index contributed by atoms with van der Waals surface area (Å²) in [6.45, 7) is 11.2. The fourth-order valence-electron chi connectivity index (χ4n) is 11.7. The second-order valence-electron chi connectivity index (χ2n) is 15.7. The molecule has 0 saturated heterocycles. The molecule has 5 fully saturated rings. The van der Waals surface area contributed by atoms with Crippen LogP contribution in [-0.2, 0) is 4.79 Å². The fraction of sp³-hybridized carbons (Fsp3) is 0.857. The average molecular weight is 555 g/mol. The maximum atomic E-state index is 13.7. The summed E-state index contributed by atoms with van der Waals surface area (Å²) in [6, 6.07) is 0. The third-order valence-corrected chi connectivity index (χ3v) is 13.8. The predicted molar refractivity (Wildman–Crippen MR) is 156 cm³/mol. The van der Waals surface area contributed by atoms with Crippen molar-refractivity contribution in [1.82, 2.24) is 0 Å². The third-order valence-electron chi connectivity index (χ3n) is 13.8. The van der Waals surface area contributed by atoms with E-state index in [1.54, 1.807) is 11.6 Å². The molecule has 0 aromatic carbocycles. The Bertz CT molecular complexity index is 1080. The summed E-state index contributed by atoms with van der Waals surface area (Å²) in [5.41, 5.74) is 2.05. The van der Waals surface area contributed by atoms with Crippen LogP contribution in [0.4, 0.5) is 0 Å². The summed E-state index contributed by atoms with van der Waals surface area (Å²) in [7, 11) is 0. The van der Waals surface area contributed by atoms with E-state index in [2.05, 4.69) is 34.6 Å². The van der Waals surface area contributed by atoms with E-state index in [-0.39, 0.29) is 35.4 Å². The standard InChI is InChI=1S/C35H54O5/c1-19(2)23(21-9-7-6-8-10-21)15-28(36)20(3)24-13-14-35(40)27-17-29(37)26-16-30(38)32(39)25-12-11-22(18-33(24,35)4)31(27)34(25,26)5/h17,19-20,22,24-26,28,30-32,36,38-40H,6-16,18H2,1-5H3. The van der Waals surface area contributed by atoms with Crippen LogP contribution in [0.3, 0.4) is 0 Å². The molecule has 12 unspecified atom stereocenters. The van der Waals surface area contributed by atoms with Gasteiger partial charge in [-0.25, -0.2) is 0 Å². The lowest BCUT2D eigenvalue weighted by Crippen LogP contribution is -2.68. The zero-order valence-electron chi connectivity index (χ0n) is 25.5. The summed E-state index contributed by atoms with van der Waals surface area (Å²) in [5.74, 6) is 0.696. The maximum absolute atomic E-state index is 13.7. The highest BCUT2D eigenvalue weighted by Gasteiger charge is 2.72. The monoisotopic (exact) mass is 554 g/mol. The molecule has 40 heavy (non-hydrogen) atoms. The molecular weight excluding hydrogens is 500 g/mol. The van der Waals surface area contributed by atoms with E-state index in [1.807, 2.05) is 0 Å². The second-order valence-corrected chi connectivity index (χ2v) is 15.7. The van der Waals surface area contributed by atoms with Gasteiger partial charge in [0, 0.05) is 11.3 Å². The summed E-state index contributed by atoms with van der Waals surface area (Å²) in [5, 5.41) is 46.1. The van der Waals surface area contributed by atoms with Crippen LogP contribution in [0.5, 0.6) is 0 Å². The van der Waals surface area contributed by atoms with Crippen LogP contribution in [0.25, 0.3) is 0 Å². The number of aliphatic hydroxyl groups is 4. The second kappa shape index (κ2) is 10.0. The molecule has 4 N–H and O–H groups in total. The van der Waals surface area contributed by atoms with Crippen LogP contribution in [0.2, 0.25) is 0 Å². The topological polar surface area (TPSA) is 98.0 Å². The molecule has 0 bridgehead atoms. The van der Waals surface area contributed by atoms with E-state index in [9.17, 15) is 25.2 Å². The molecule has 6 aliphatic rings. The summed E-state index contributed by atoms with van der Waals surface area (Å²) >= 11 is 0. The number of hydrogen-bond donors (Lipinski definition) is 4. The zero-order chi connectivity index (χ0) is 28.8. The van der Waals surface area contributed by atoms with E-state index < -0.39 is 34.7 Å². The van der Waals surface area contributed by atoms with Gasteiger partial charge in [0.2, 0.25) is 0 Å². The number of hydrogen-bond acceptors (Lipinski definition) is 5. The molecule has 6 aliphatic carbocycles. The lowest BCUT2D eigenvalue weighted by molar-refractivity contribution is -0.204. The molecule has 0 aromatic heterocycles. The highest BCUT2D eigenvalue weighted by Crippen LogP contribution is 2.72. The van der Waals surface area contributed by atoms with Crippen LogP contribution < -0.4 is 0 Å². The van der Waals surface area contributed by atoms with E-state index in [0.717, 1.165) is 37.7 Å². The van der Waals surface area contributed by atoms with E-state index in [4.69, 9.17) is 0 Å². The zero-order valence-corrected chi connectivity index (χ0v) is 25.5. The van der Waals surface area contributed by atoms with Crippen LogP contribution in [0, 0.1) is 52.3 Å². The summed E-state index contributed by atoms with van der Waals surface area (Å²) in [6.07, 6.45) is 11.1. The average Bonchev–Trinajstić information content (AvgIpc) is 3.19. The minimum absolute atomic E-state index is 0.0280. The number of carbonyl (C=O) groups excluding carboxylic acids is 1. The van der Waals surface area contributed by atoms with Crippen molar-refractivity contribution in [3.8, 4) is 0 Å². The molecule has 5 saturated carbocycles. The Balaban J connectivity index is 1.32. The Hall–Kier alpha value is -1.01. The Kier molecular flexibility index (Phi) is 7.29. The minimum Gasteiger partial charge on any atom is -0.393 e. The van der Waals surface area contributed by atoms with Crippen molar-refractivity contribution in [2.75, 3.05) is 0 Å². The molecule has 0 amide bonds. The van der Waals surface area contributed by atoms with Gasteiger partial charge in [0.25, 0.3) is 0 Å². The Morgan fingerprint density at radius 3 is 2.42 bits per heavy atom. The highest BCUT2D eigenvalue weighted by molar-refractivity contribution is 5.95. The number of ketones is 1. The van der Waals surface area contributed by atoms with Gasteiger partial charge in [-0.05, 0) is 123 Å². The first-order valence-electron chi connectivity index (χ1n) is 16.6. The lowest BCUT2D eigenvalue weighted by Gasteiger charge is -2.67. The first kappa shape index (κ1) is 29.1. The third kappa shape index (κ3) is 3.96. The molecule has 0 heterocycles. The largest absolute Gasteiger partial charge is 0.393 e. The number of aliphatic hydroxyl groups excluding tert-OH is 3. The molecule has 5 nitrogen and oxygen atoms in total. The molecular formula is C35H54O5. The maximum Gasteiger partial charge on any atom is 0.159 e. The normalized spacial score (nSPS) is 47.9. The van der Waals surface area contributed by atoms with E-state index in [1.165, 1.54) is 37.7 Å². The van der Waals surface area contributed by atoms with Crippen LogP contribution >= 0.6 is 0 Å². The van der Waals surface area contributed by atoms with Gasteiger partial charge in [0.1, 0.15) is 0 Å². The van der Waals surface area contributed by atoms with E-state index in [0.29, 0.717) is 24.7 Å². The van der Waals surface area contributed by atoms with Crippen molar-refractivity contribution in [2.45, 2.75) is 136 Å².